The van der Waals surface area contributed by atoms with Crippen LogP contribution < -0.4 is 14.2 Å². The van der Waals surface area contributed by atoms with Crippen molar-refractivity contribution in [1.82, 2.24) is 19.6 Å². The van der Waals surface area contributed by atoms with Crippen molar-refractivity contribution in [1.29, 1.82) is 0 Å². The summed E-state index contributed by atoms with van der Waals surface area (Å²) in [5.74, 6) is -2.53. The van der Waals surface area contributed by atoms with Gasteiger partial charge in [-0.1, -0.05) is 12.1 Å². The topological polar surface area (TPSA) is 106 Å². The molecule has 2 aromatic carbocycles. The standard InChI is InChI=1S/C27H28FN5O5/c1-31-27(23(14-29-31)33(34)35)26-20-10-7-17(21-12-19(37-3)13-24(38-4)25(21)28)11-22(20)32(30-26)15-16-5-8-18(36-2)9-6-16/h5-6,8-9,12-14,17H,7,10-11,15H2,1-4H3/i2D3,3D3,4D3. The molecule has 1 aliphatic rings. The molecule has 0 bridgehead atoms. The van der Waals surface area contributed by atoms with Gasteiger partial charge in [0, 0.05) is 24.4 Å². The third kappa shape index (κ3) is 4.44. The molecule has 198 valence electrons. The number of hydrogen-bond acceptors (Lipinski definition) is 7. The van der Waals surface area contributed by atoms with Crippen LogP contribution in [0.2, 0.25) is 0 Å². The van der Waals surface area contributed by atoms with Gasteiger partial charge in [0.2, 0.25) is 0 Å². The van der Waals surface area contributed by atoms with E-state index in [1.807, 2.05) is 0 Å². The highest BCUT2D eigenvalue weighted by atomic mass is 19.1. The van der Waals surface area contributed by atoms with E-state index in [0.29, 0.717) is 22.5 Å². The fourth-order valence-corrected chi connectivity index (χ4v) is 4.96. The van der Waals surface area contributed by atoms with Gasteiger partial charge in [-0.3, -0.25) is 19.5 Å². The Bertz CT molecular complexity index is 1800. The quantitative estimate of drug-likeness (QED) is 0.241. The molecule has 5 rings (SSSR count). The van der Waals surface area contributed by atoms with E-state index in [9.17, 15) is 10.1 Å². The Hall–Kier alpha value is -4.41. The summed E-state index contributed by atoms with van der Waals surface area (Å²) in [6.07, 6.45) is 1.78. The van der Waals surface area contributed by atoms with Crippen LogP contribution in [0.1, 0.15) is 47.1 Å². The molecular formula is C27H28FN5O5. The van der Waals surface area contributed by atoms with E-state index < -0.39 is 43.5 Å². The number of methoxy groups -OCH3 is 3. The van der Waals surface area contributed by atoms with Gasteiger partial charge >= 0.3 is 5.69 Å². The highest BCUT2D eigenvalue weighted by molar-refractivity contribution is 5.70. The lowest BCUT2D eigenvalue weighted by Gasteiger charge is -2.25. The van der Waals surface area contributed by atoms with Crippen LogP contribution in [0.15, 0.2) is 42.6 Å². The van der Waals surface area contributed by atoms with Crippen molar-refractivity contribution in [2.24, 2.45) is 7.05 Å². The van der Waals surface area contributed by atoms with Crippen molar-refractivity contribution in [2.75, 3.05) is 21.1 Å². The molecule has 0 fully saturated rings. The molecule has 1 atom stereocenters. The molecule has 0 saturated heterocycles. The van der Waals surface area contributed by atoms with Crippen molar-refractivity contribution in [3.8, 4) is 28.6 Å². The maximum absolute atomic E-state index is 15.9. The number of rotatable bonds is 8. The third-order valence-corrected chi connectivity index (χ3v) is 6.77. The van der Waals surface area contributed by atoms with Crippen molar-refractivity contribution < 1.29 is 35.9 Å². The van der Waals surface area contributed by atoms with Crippen LogP contribution in [0.5, 0.6) is 17.2 Å². The zero-order valence-corrected chi connectivity index (χ0v) is 20.1. The van der Waals surface area contributed by atoms with Crippen LogP contribution in [0.3, 0.4) is 0 Å². The van der Waals surface area contributed by atoms with E-state index in [4.69, 9.17) is 31.6 Å². The van der Waals surface area contributed by atoms with E-state index in [1.54, 1.807) is 23.9 Å². The minimum atomic E-state index is -3.04. The van der Waals surface area contributed by atoms with Crippen molar-refractivity contribution in [3.05, 3.63) is 80.9 Å². The zero-order chi connectivity index (χ0) is 34.5. The second-order valence-corrected chi connectivity index (χ2v) is 8.91. The number of hydrogen-bond donors (Lipinski definition) is 0. The molecule has 11 heteroatoms. The van der Waals surface area contributed by atoms with Crippen LogP contribution in [0.4, 0.5) is 10.1 Å². The fourth-order valence-electron chi connectivity index (χ4n) is 4.96. The Morgan fingerprint density at radius 2 is 1.92 bits per heavy atom. The SMILES string of the molecule is [2H]C([2H])([2H])Oc1ccc(Cn2nc(-c3c([N+](=O)[O-])cnn3C)c3c2CC(c2cc(OC([2H])([2H])[2H])cc(OC([2H])([2H])[2H])c2F)CC3)cc1. The normalized spacial score (nSPS) is 19.2. The number of ether oxygens (including phenoxy) is 3. The molecule has 0 amide bonds. The molecule has 1 aliphatic carbocycles. The average molecular weight is 531 g/mol. The van der Waals surface area contributed by atoms with E-state index >= 15 is 4.39 Å². The zero-order valence-electron chi connectivity index (χ0n) is 29.1. The summed E-state index contributed by atoms with van der Waals surface area (Å²) in [6, 6.07) is 8.29. The Balaban J connectivity index is 1.59. The summed E-state index contributed by atoms with van der Waals surface area (Å²) in [6.45, 7) is 0.132. The first-order chi connectivity index (χ1) is 21.8. The molecule has 0 saturated carbocycles. The van der Waals surface area contributed by atoms with Gasteiger partial charge in [-0.25, -0.2) is 4.39 Å². The smallest absolute Gasteiger partial charge is 0.316 e. The molecule has 2 aromatic heterocycles. The van der Waals surface area contributed by atoms with Crippen LogP contribution in [0, 0.1) is 15.9 Å². The van der Waals surface area contributed by atoms with Gasteiger partial charge in [0.15, 0.2) is 17.3 Å². The van der Waals surface area contributed by atoms with Gasteiger partial charge in [0.1, 0.15) is 23.4 Å². The van der Waals surface area contributed by atoms with Gasteiger partial charge in [-0.2, -0.15) is 10.2 Å². The monoisotopic (exact) mass is 530 g/mol. The number of benzene rings is 2. The van der Waals surface area contributed by atoms with Gasteiger partial charge in [-0.15, -0.1) is 0 Å². The first-order valence-electron chi connectivity index (χ1n) is 16.0. The van der Waals surface area contributed by atoms with Gasteiger partial charge in [0.25, 0.3) is 0 Å². The third-order valence-electron chi connectivity index (χ3n) is 6.77. The van der Waals surface area contributed by atoms with Crippen LogP contribution in [-0.4, -0.2) is 45.6 Å². The number of halogens is 1. The van der Waals surface area contributed by atoms with Gasteiger partial charge in [-0.05, 0) is 54.5 Å². The van der Waals surface area contributed by atoms with Crippen molar-refractivity contribution >= 4 is 5.69 Å². The molecule has 0 spiro atoms. The summed E-state index contributed by atoms with van der Waals surface area (Å²) >= 11 is 0. The Morgan fingerprint density at radius 3 is 2.66 bits per heavy atom. The molecule has 4 aromatic rings. The van der Waals surface area contributed by atoms with Gasteiger partial charge in [0.05, 0.1) is 44.9 Å². The van der Waals surface area contributed by atoms with E-state index in [1.165, 1.54) is 22.9 Å². The summed E-state index contributed by atoms with van der Waals surface area (Å²) in [5.41, 5.74) is 2.09. The minimum absolute atomic E-state index is 0.0383. The molecule has 0 N–H and O–H groups in total. The summed E-state index contributed by atoms with van der Waals surface area (Å²) in [4.78, 5) is 11.3. The maximum Gasteiger partial charge on any atom is 0.316 e. The lowest BCUT2D eigenvalue weighted by atomic mass is 9.81. The van der Waals surface area contributed by atoms with Crippen LogP contribution in [-0.2, 0) is 26.4 Å². The highest BCUT2D eigenvalue weighted by Gasteiger charge is 2.34. The Labute approximate surface area is 231 Å². The summed E-state index contributed by atoms with van der Waals surface area (Å²) < 4.78 is 100. The molecule has 10 nitrogen and oxygen atoms in total. The second-order valence-electron chi connectivity index (χ2n) is 8.91. The fraction of sp³-hybridized carbons (Fsp3) is 0.333. The molecule has 0 aliphatic heterocycles. The Morgan fingerprint density at radius 1 is 1.16 bits per heavy atom. The predicted octanol–water partition coefficient (Wildman–Crippen LogP) is 4.68. The number of nitro groups is 1. The van der Waals surface area contributed by atoms with E-state index in [2.05, 4.69) is 5.10 Å². The first kappa shape index (κ1) is 16.4. The molecule has 2 heterocycles. The minimum Gasteiger partial charge on any atom is -0.497 e. The van der Waals surface area contributed by atoms with Crippen LogP contribution in [0.25, 0.3) is 11.4 Å². The van der Waals surface area contributed by atoms with Gasteiger partial charge < -0.3 is 14.2 Å². The molecule has 1 unspecified atom stereocenters. The predicted molar refractivity (Wildman–Crippen MR) is 137 cm³/mol. The maximum atomic E-state index is 15.9. The highest BCUT2D eigenvalue weighted by Crippen LogP contribution is 2.42. The lowest BCUT2D eigenvalue weighted by molar-refractivity contribution is -0.384. The Kier molecular flexibility index (Phi) is 4.39. The molecule has 38 heavy (non-hydrogen) atoms. The largest absolute Gasteiger partial charge is 0.497 e. The number of fused-ring (bicyclic) bond motifs is 1. The molecule has 0 radical (unpaired) electrons. The average Bonchev–Trinajstić information content (AvgIpc) is 3.48. The lowest BCUT2D eigenvalue weighted by Crippen LogP contribution is -2.18. The van der Waals surface area contributed by atoms with E-state index in [-0.39, 0.29) is 54.3 Å². The number of aryl methyl sites for hydroxylation is 1. The second kappa shape index (κ2) is 10.2. The summed E-state index contributed by atoms with van der Waals surface area (Å²) in [5, 5.41) is 20.6. The van der Waals surface area contributed by atoms with E-state index in [0.717, 1.165) is 12.3 Å². The van der Waals surface area contributed by atoms with Crippen molar-refractivity contribution in [3.63, 3.8) is 0 Å². The molecular weight excluding hydrogens is 493 g/mol. The van der Waals surface area contributed by atoms with Crippen LogP contribution >= 0.6 is 0 Å². The van der Waals surface area contributed by atoms with Crippen molar-refractivity contribution in [2.45, 2.75) is 31.7 Å². The number of aromatic nitrogens is 4. The summed E-state index contributed by atoms with van der Waals surface area (Å²) in [7, 11) is -7.05. The number of nitrogens with zero attached hydrogens (tertiary/aromatic N) is 5. The first-order valence-corrected chi connectivity index (χ1v) is 11.5.